The van der Waals surface area contributed by atoms with Crippen molar-refractivity contribution in [2.75, 3.05) is 5.32 Å². The van der Waals surface area contributed by atoms with Gasteiger partial charge in [-0.25, -0.2) is 0 Å². The number of carbonyl (C=O) groups excluding carboxylic acids is 1. The van der Waals surface area contributed by atoms with E-state index in [-0.39, 0.29) is 5.57 Å². The van der Waals surface area contributed by atoms with Gasteiger partial charge in [-0.05, 0) is 41.8 Å². The Kier molecular flexibility index (Phi) is 5.58. The zero-order chi connectivity index (χ0) is 21.1. The first-order chi connectivity index (χ1) is 14.5. The Bertz CT molecular complexity index is 1330. The Morgan fingerprint density at radius 2 is 1.77 bits per heavy atom. The number of hydrogen-bond donors (Lipinski definition) is 1. The summed E-state index contributed by atoms with van der Waals surface area (Å²) in [6, 6.07) is 23.8. The van der Waals surface area contributed by atoms with E-state index in [9.17, 15) is 10.1 Å². The Labute approximate surface area is 183 Å². The van der Waals surface area contributed by atoms with Gasteiger partial charge in [-0.2, -0.15) is 5.26 Å². The van der Waals surface area contributed by atoms with Crippen molar-refractivity contribution in [2.45, 2.75) is 0 Å². The van der Waals surface area contributed by atoms with Crippen LogP contribution in [-0.2, 0) is 4.79 Å². The summed E-state index contributed by atoms with van der Waals surface area (Å²) in [7, 11) is 0. The average molecular weight is 433 g/mol. The van der Waals surface area contributed by atoms with Crippen LogP contribution in [-0.4, -0.2) is 5.91 Å². The second kappa shape index (κ2) is 8.46. The smallest absolute Gasteiger partial charge is 0.266 e. The molecule has 1 amide bonds. The molecule has 0 bridgehead atoms. The van der Waals surface area contributed by atoms with Crippen LogP contribution in [0.2, 0.25) is 10.0 Å². The van der Waals surface area contributed by atoms with Gasteiger partial charge in [0.25, 0.3) is 5.91 Å². The molecule has 0 saturated carbocycles. The average Bonchev–Trinajstić information content (AvgIpc) is 3.23. The van der Waals surface area contributed by atoms with Crippen molar-refractivity contribution in [3.8, 4) is 17.4 Å². The van der Waals surface area contributed by atoms with E-state index in [1.54, 1.807) is 36.4 Å². The highest BCUT2D eigenvalue weighted by molar-refractivity contribution is 6.42. The third kappa shape index (κ3) is 4.08. The van der Waals surface area contributed by atoms with E-state index < -0.39 is 5.91 Å². The minimum Gasteiger partial charge on any atom is -0.457 e. The molecular weight excluding hydrogens is 419 g/mol. The summed E-state index contributed by atoms with van der Waals surface area (Å²) in [4.78, 5) is 12.7. The van der Waals surface area contributed by atoms with Gasteiger partial charge in [0, 0.05) is 22.7 Å². The molecule has 0 fully saturated rings. The van der Waals surface area contributed by atoms with Crippen LogP contribution < -0.4 is 5.32 Å². The van der Waals surface area contributed by atoms with Crippen LogP contribution in [0.25, 0.3) is 28.2 Å². The van der Waals surface area contributed by atoms with Crippen molar-refractivity contribution >= 4 is 51.6 Å². The van der Waals surface area contributed by atoms with Crippen molar-refractivity contribution in [3.05, 3.63) is 94.2 Å². The largest absolute Gasteiger partial charge is 0.457 e. The maximum atomic E-state index is 12.7. The first-order valence-electron chi connectivity index (χ1n) is 9.01. The predicted molar refractivity (Wildman–Crippen MR) is 120 cm³/mol. The van der Waals surface area contributed by atoms with Gasteiger partial charge in [0.1, 0.15) is 23.2 Å². The zero-order valence-corrected chi connectivity index (χ0v) is 17.0. The molecule has 4 nitrogen and oxygen atoms in total. The second-order valence-electron chi connectivity index (χ2n) is 6.48. The molecule has 1 N–H and O–H groups in total. The number of amides is 1. The standard InChI is InChI=1S/C24H14Cl2N2O2/c25-20-10-8-16(13-21(20)26)23-11-9-18(30-23)12-17(14-27)24(29)28-22-7-3-5-15-4-1-2-6-19(15)22/h1-13H,(H,28,29)/b17-12+. The number of furan rings is 1. The first-order valence-corrected chi connectivity index (χ1v) is 9.77. The normalized spacial score (nSPS) is 11.3. The first kappa shape index (κ1) is 19.8. The third-order valence-electron chi connectivity index (χ3n) is 4.52. The predicted octanol–water partition coefficient (Wildman–Crippen LogP) is 6.95. The van der Waals surface area contributed by atoms with Crippen molar-refractivity contribution in [1.82, 2.24) is 0 Å². The van der Waals surface area contributed by atoms with Crippen LogP contribution in [0.1, 0.15) is 5.76 Å². The van der Waals surface area contributed by atoms with Crippen LogP contribution in [0.3, 0.4) is 0 Å². The van der Waals surface area contributed by atoms with Gasteiger partial charge in [0.15, 0.2) is 0 Å². The van der Waals surface area contributed by atoms with Crippen LogP contribution in [0.5, 0.6) is 0 Å². The lowest BCUT2D eigenvalue weighted by atomic mass is 10.1. The molecular formula is C24H14Cl2N2O2. The number of benzene rings is 3. The number of anilines is 1. The minimum atomic E-state index is -0.513. The Balaban J connectivity index is 1.59. The lowest BCUT2D eigenvalue weighted by molar-refractivity contribution is -0.112. The topological polar surface area (TPSA) is 66.0 Å². The Morgan fingerprint density at radius 1 is 0.967 bits per heavy atom. The van der Waals surface area contributed by atoms with Crippen molar-refractivity contribution in [1.29, 1.82) is 5.26 Å². The molecule has 0 saturated heterocycles. The second-order valence-corrected chi connectivity index (χ2v) is 7.30. The van der Waals surface area contributed by atoms with Crippen LogP contribution in [0, 0.1) is 11.3 Å². The van der Waals surface area contributed by atoms with Gasteiger partial charge in [-0.3, -0.25) is 4.79 Å². The molecule has 146 valence electrons. The number of halogens is 2. The summed E-state index contributed by atoms with van der Waals surface area (Å²) >= 11 is 12.0. The van der Waals surface area contributed by atoms with Crippen molar-refractivity contribution in [2.24, 2.45) is 0 Å². The molecule has 30 heavy (non-hydrogen) atoms. The summed E-state index contributed by atoms with van der Waals surface area (Å²) in [6.07, 6.45) is 1.40. The molecule has 0 radical (unpaired) electrons. The number of nitrogens with one attached hydrogen (secondary N) is 1. The van der Waals surface area contributed by atoms with Crippen LogP contribution in [0.15, 0.2) is 82.8 Å². The third-order valence-corrected chi connectivity index (χ3v) is 5.26. The van der Waals surface area contributed by atoms with Crippen LogP contribution in [0.4, 0.5) is 5.69 Å². The van der Waals surface area contributed by atoms with Gasteiger partial charge < -0.3 is 9.73 Å². The summed E-state index contributed by atoms with van der Waals surface area (Å²) < 4.78 is 5.76. The number of carbonyl (C=O) groups is 1. The van der Waals surface area contributed by atoms with E-state index in [0.29, 0.717) is 27.3 Å². The molecule has 4 aromatic rings. The lowest BCUT2D eigenvalue weighted by Crippen LogP contribution is -2.13. The summed E-state index contributed by atoms with van der Waals surface area (Å²) in [5.41, 5.74) is 1.30. The molecule has 3 aromatic carbocycles. The van der Waals surface area contributed by atoms with Gasteiger partial charge in [0.2, 0.25) is 0 Å². The summed E-state index contributed by atoms with van der Waals surface area (Å²) in [5, 5.41) is 15.0. The molecule has 0 aliphatic carbocycles. The number of nitrogens with zero attached hydrogens (tertiary/aromatic N) is 1. The summed E-state index contributed by atoms with van der Waals surface area (Å²) in [5.74, 6) is 0.411. The van der Waals surface area contributed by atoms with E-state index in [1.165, 1.54) is 6.08 Å². The molecule has 0 atom stereocenters. The SMILES string of the molecule is N#C/C(=C\c1ccc(-c2ccc(Cl)c(Cl)c2)o1)C(=O)Nc1cccc2ccccc12. The fourth-order valence-corrected chi connectivity index (χ4v) is 3.35. The highest BCUT2D eigenvalue weighted by Gasteiger charge is 2.13. The number of rotatable bonds is 4. The minimum absolute atomic E-state index is 0.0713. The van der Waals surface area contributed by atoms with E-state index in [0.717, 1.165) is 16.3 Å². The quantitative estimate of drug-likeness (QED) is 0.280. The molecule has 1 aromatic heterocycles. The van der Waals surface area contributed by atoms with Gasteiger partial charge in [-0.15, -0.1) is 0 Å². The monoisotopic (exact) mass is 432 g/mol. The Morgan fingerprint density at radius 3 is 2.57 bits per heavy atom. The molecule has 0 unspecified atom stereocenters. The van der Waals surface area contributed by atoms with E-state index in [2.05, 4.69) is 5.32 Å². The van der Waals surface area contributed by atoms with E-state index in [4.69, 9.17) is 27.6 Å². The molecule has 0 spiro atoms. The molecule has 4 rings (SSSR count). The molecule has 6 heteroatoms. The fraction of sp³-hybridized carbons (Fsp3) is 0. The maximum absolute atomic E-state index is 12.7. The van der Waals surface area contributed by atoms with Gasteiger partial charge in [-0.1, -0.05) is 59.6 Å². The fourth-order valence-electron chi connectivity index (χ4n) is 3.05. The maximum Gasteiger partial charge on any atom is 0.266 e. The number of hydrogen-bond acceptors (Lipinski definition) is 3. The summed E-state index contributed by atoms with van der Waals surface area (Å²) in [6.45, 7) is 0. The van der Waals surface area contributed by atoms with Gasteiger partial charge >= 0.3 is 0 Å². The van der Waals surface area contributed by atoms with Crippen molar-refractivity contribution in [3.63, 3.8) is 0 Å². The molecule has 0 aliphatic heterocycles. The lowest BCUT2D eigenvalue weighted by Gasteiger charge is -2.08. The van der Waals surface area contributed by atoms with Crippen LogP contribution >= 0.6 is 23.2 Å². The zero-order valence-electron chi connectivity index (χ0n) is 15.5. The van der Waals surface area contributed by atoms with E-state index >= 15 is 0 Å². The number of fused-ring (bicyclic) bond motifs is 1. The van der Waals surface area contributed by atoms with E-state index in [1.807, 2.05) is 42.5 Å². The number of nitriles is 1. The Hall–Kier alpha value is -3.52. The molecule has 1 heterocycles. The molecule has 0 aliphatic rings. The van der Waals surface area contributed by atoms with Crippen molar-refractivity contribution < 1.29 is 9.21 Å². The highest BCUT2D eigenvalue weighted by Crippen LogP contribution is 2.30. The van der Waals surface area contributed by atoms with Gasteiger partial charge in [0.05, 0.1) is 10.0 Å². The highest BCUT2D eigenvalue weighted by atomic mass is 35.5.